The number of nitrogens with one attached hydrogen (secondary N) is 2. The number of rotatable bonds is 8. The molecule has 1 amide bonds. The van der Waals surface area contributed by atoms with Gasteiger partial charge in [-0.3, -0.25) is 20.2 Å². The Morgan fingerprint density at radius 3 is 2.23 bits per heavy atom. The van der Waals surface area contributed by atoms with Crippen LogP contribution in [0.2, 0.25) is 5.02 Å². The lowest BCUT2D eigenvalue weighted by molar-refractivity contribution is -0.121. The number of pyridine rings is 1. The van der Waals surface area contributed by atoms with Crippen molar-refractivity contribution in [2.45, 2.75) is 19.3 Å². The predicted octanol–water partition coefficient (Wildman–Crippen LogP) is 7.08. The molecule has 2 N–H and O–H groups in total. The predicted molar refractivity (Wildman–Crippen MR) is 143 cm³/mol. The molecular formula is C29H25ClN4O. The highest BCUT2D eigenvalue weighted by atomic mass is 35.5. The zero-order valence-corrected chi connectivity index (χ0v) is 19.9. The summed E-state index contributed by atoms with van der Waals surface area (Å²) in [5, 5.41) is 3.57. The quantitative estimate of drug-likeness (QED) is 0.233. The Hall–Kier alpha value is -4.09. The monoisotopic (exact) mass is 480 g/mol. The number of para-hydroxylation sites is 2. The van der Waals surface area contributed by atoms with Gasteiger partial charge in [0.25, 0.3) is 0 Å². The van der Waals surface area contributed by atoms with Crippen molar-refractivity contribution >= 4 is 39.8 Å². The van der Waals surface area contributed by atoms with E-state index in [0.717, 1.165) is 45.6 Å². The van der Waals surface area contributed by atoms with Gasteiger partial charge in [0.05, 0.1) is 22.8 Å². The number of carbonyl (C=O) groups is 1. The van der Waals surface area contributed by atoms with E-state index in [2.05, 4.69) is 15.4 Å². The zero-order valence-electron chi connectivity index (χ0n) is 19.1. The number of aromatic nitrogens is 2. The molecule has 0 fully saturated rings. The summed E-state index contributed by atoms with van der Waals surface area (Å²) in [5.74, 6) is -0.0463. The molecule has 0 saturated heterocycles. The molecule has 35 heavy (non-hydrogen) atoms. The van der Waals surface area contributed by atoms with Crippen LogP contribution < -0.4 is 10.4 Å². The number of benzene rings is 3. The van der Waals surface area contributed by atoms with E-state index in [-0.39, 0.29) is 5.91 Å². The zero-order chi connectivity index (χ0) is 24.0. The molecule has 174 valence electrons. The third kappa shape index (κ3) is 5.20. The smallest absolute Gasteiger partial charge is 0.238 e. The van der Waals surface area contributed by atoms with Crippen molar-refractivity contribution < 1.29 is 4.79 Å². The van der Waals surface area contributed by atoms with Crippen molar-refractivity contribution in [1.82, 2.24) is 15.4 Å². The first-order valence-electron chi connectivity index (χ1n) is 11.6. The Labute approximate surface area is 209 Å². The number of anilines is 2. The second-order valence-electron chi connectivity index (χ2n) is 8.28. The van der Waals surface area contributed by atoms with Crippen molar-refractivity contribution in [3.05, 3.63) is 114 Å². The molecule has 5 aromatic rings. The minimum Gasteiger partial charge on any atom is -0.353 e. The van der Waals surface area contributed by atoms with E-state index in [0.29, 0.717) is 17.9 Å². The molecule has 3 aromatic carbocycles. The Morgan fingerprint density at radius 2 is 1.57 bits per heavy atom. The van der Waals surface area contributed by atoms with Crippen LogP contribution in [-0.4, -0.2) is 15.9 Å². The second-order valence-corrected chi connectivity index (χ2v) is 8.71. The number of nitrogens with zero attached hydrogens (tertiary/aromatic N) is 2. The second kappa shape index (κ2) is 10.5. The Bertz CT molecular complexity index is 1380. The third-order valence-corrected chi connectivity index (χ3v) is 6.12. The number of aryl methyl sites for hydroxylation is 1. The van der Waals surface area contributed by atoms with Gasteiger partial charge in [-0.05, 0) is 73.0 Å². The minimum atomic E-state index is -0.0463. The number of hydrazine groups is 1. The number of fused-ring (bicyclic) bond motifs is 1. The number of hydrogen-bond donors (Lipinski definition) is 2. The van der Waals surface area contributed by atoms with Gasteiger partial charge < -0.3 is 4.98 Å². The highest BCUT2D eigenvalue weighted by molar-refractivity contribution is 6.31. The maximum absolute atomic E-state index is 13.0. The summed E-state index contributed by atoms with van der Waals surface area (Å²) in [6, 6.07) is 31.3. The summed E-state index contributed by atoms with van der Waals surface area (Å²) in [5.41, 5.74) is 8.85. The van der Waals surface area contributed by atoms with Crippen LogP contribution in [0.1, 0.15) is 18.4 Å². The molecule has 0 bridgehead atoms. The molecule has 6 heteroatoms. The standard InChI is InChI=1S/C29H25ClN4O/c30-21-17-18-26-25(20-21)24(29(32-26)27-15-7-8-19-31-27)14-9-16-28(35)33-34(22-10-3-1-4-11-22)23-12-5-2-6-13-23/h1-8,10-13,15,17-20,32H,9,14,16H2,(H,33,35). The summed E-state index contributed by atoms with van der Waals surface area (Å²) in [6.07, 6.45) is 3.57. The Morgan fingerprint density at radius 1 is 0.886 bits per heavy atom. The van der Waals surface area contributed by atoms with Gasteiger partial charge in [-0.15, -0.1) is 0 Å². The van der Waals surface area contributed by atoms with Gasteiger partial charge in [-0.25, -0.2) is 0 Å². The summed E-state index contributed by atoms with van der Waals surface area (Å²) in [6.45, 7) is 0. The van der Waals surface area contributed by atoms with Crippen molar-refractivity contribution in [2.24, 2.45) is 0 Å². The molecule has 0 aliphatic rings. The average molecular weight is 481 g/mol. The van der Waals surface area contributed by atoms with Crippen molar-refractivity contribution in [3.8, 4) is 11.4 Å². The summed E-state index contributed by atoms with van der Waals surface area (Å²) < 4.78 is 0. The van der Waals surface area contributed by atoms with Gasteiger partial charge in [0.2, 0.25) is 5.91 Å². The van der Waals surface area contributed by atoms with Crippen LogP contribution in [0.5, 0.6) is 0 Å². The van der Waals surface area contributed by atoms with Crippen molar-refractivity contribution in [2.75, 3.05) is 5.01 Å². The van der Waals surface area contributed by atoms with Crippen LogP contribution in [0.4, 0.5) is 11.4 Å². The number of carbonyl (C=O) groups excluding carboxylic acids is 1. The lowest BCUT2D eigenvalue weighted by Gasteiger charge is -2.25. The van der Waals surface area contributed by atoms with Gasteiger partial charge >= 0.3 is 0 Å². The lowest BCUT2D eigenvalue weighted by Crippen LogP contribution is -2.38. The van der Waals surface area contributed by atoms with Crippen molar-refractivity contribution in [3.63, 3.8) is 0 Å². The maximum atomic E-state index is 13.0. The van der Waals surface area contributed by atoms with Gasteiger partial charge in [-0.2, -0.15) is 0 Å². The van der Waals surface area contributed by atoms with Crippen LogP contribution >= 0.6 is 11.6 Å². The van der Waals surface area contributed by atoms with Gasteiger partial charge in [0.15, 0.2) is 0 Å². The maximum Gasteiger partial charge on any atom is 0.238 e. The molecule has 5 rings (SSSR count). The lowest BCUT2D eigenvalue weighted by atomic mass is 10.0. The van der Waals surface area contributed by atoms with Crippen molar-refractivity contribution in [1.29, 1.82) is 0 Å². The van der Waals surface area contributed by atoms with E-state index in [1.165, 1.54) is 0 Å². The number of halogens is 1. The van der Waals surface area contributed by atoms with Crippen LogP contribution in [0.25, 0.3) is 22.3 Å². The normalized spacial score (nSPS) is 10.9. The molecule has 0 radical (unpaired) electrons. The molecule has 0 atom stereocenters. The summed E-state index contributed by atoms with van der Waals surface area (Å²) in [7, 11) is 0. The van der Waals surface area contributed by atoms with E-state index >= 15 is 0 Å². The molecule has 2 heterocycles. The fourth-order valence-corrected chi connectivity index (χ4v) is 4.42. The molecule has 0 unspecified atom stereocenters. The minimum absolute atomic E-state index is 0.0463. The molecule has 5 nitrogen and oxygen atoms in total. The van der Waals surface area contributed by atoms with E-state index in [1.807, 2.05) is 102 Å². The summed E-state index contributed by atoms with van der Waals surface area (Å²) in [4.78, 5) is 21.0. The van der Waals surface area contributed by atoms with E-state index in [1.54, 1.807) is 6.20 Å². The molecule has 0 spiro atoms. The number of aromatic amines is 1. The third-order valence-electron chi connectivity index (χ3n) is 5.89. The van der Waals surface area contributed by atoms with E-state index < -0.39 is 0 Å². The van der Waals surface area contributed by atoms with Crippen LogP contribution in [0.3, 0.4) is 0 Å². The number of hydrogen-bond acceptors (Lipinski definition) is 3. The fraction of sp³-hybridized carbons (Fsp3) is 0.103. The molecule has 0 aliphatic carbocycles. The first-order chi connectivity index (χ1) is 17.2. The van der Waals surface area contributed by atoms with Crippen LogP contribution in [0.15, 0.2) is 103 Å². The largest absolute Gasteiger partial charge is 0.353 e. The van der Waals surface area contributed by atoms with Gasteiger partial charge in [-0.1, -0.05) is 54.1 Å². The van der Waals surface area contributed by atoms with Crippen LogP contribution in [-0.2, 0) is 11.2 Å². The topological polar surface area (TPSA) is 61.0 Å². The number of amides is 1. The van der Waals surface area contributed by atoms with E-state index in [9.17, 15) is 4.79 Å². The Balaban J connectivity index is 1.34. The average Bonchev–Trinajstić information content (AvgIpc) is 3.26. The molecule has 0 saturated carbocycles. The van der Waals surface area contributed by atoms with Gasteiger partial charge in [0, 0.05) is 28.5 Å². The first kappa shape index (κ1) is 22.7. The van der Waals surface area contributed by atoms with Crippen LogP contribution in [0, 0.1) is 0 Å². The fourth-order valence-electron chi connectivity index (χ4n) is 4.25. The SMILES string of the molecule is O=C(CCCc1c(-c2ccccn2)[nH]c2ccc(Cl)cc12)NN(c1ccccc1)c1ccccc1. The number of H-pyrrole nitrogens is 1. The molecule has 0 aliphatic heterocycles. The molecular weight excluding hydrogens is 456 g/mol. The molecule has 2 aromatic heterocycles. The highest BCUT2D eigenvalue weighted by Crippen LogP contribution is 2.32. The van der Waals surface area contributed by atoms with E-state index in [4.69, 9.17) is 11.6 Å². The van der Waals surface area contributed by atoms with Gasteiger partial charge in [0.1, 0.15) is 0 Å². The summed E-state index contributed by atoms with van der Waals surface area (Å²) >= 11 is 6.30. The Kier molecular flexibility index (Phi) is 6.77. The highest BCUT2D eigenvalue weighted by Gasteiger charge is 2.16. The first-order valence-corrected chi connectivity index (χ1v) is 12.0.